The van der Waals surface area contributed by atoms with E-state index in [0.717, 1.165) is 18.4 Å². The molecule has 0 aliphatic carbocycles. The quantitative estimate of drug-likeness (QED) is 0.774. The van der Waals surface area contributed by atoms with Gasteiger partial charge >= 0.3 is 0 Å². The van der Waals surface area contributed by atoms with Crippen molar-refractivity contribution in [3.8, 4) is 0 Å². The van der Waals surface area contributed by atoms with E-state index >= 15 is 0 Å². The van der Waals surface area contributed by atoms with Crippen molar-refractivity contribution in [2.45, 2.75) is 38.8 Å². The van der Waals surface area contributed by atoms with Gasteiger partial charge in [0.2, 0.25) is 0 Å². The molecule has 1 N–H and O–H groups in total. The molecule has 0 aliphatic rings. The van der Waals surface area contributed by atoms with Crippen LogP contribution in [-0.2, 0) is 0 Å². The Kier molecular flexibility index (Phi) is 5.45. The number of benzene rings is 2. The Hall–Kier alpha value is -1.74. The zero-order valence-corrected chi connectivity index (χ0v) is 12.4. The average Bonchev–Trinajstić information content (AvgIpc) is 2.50. The van der Waals surface area contributed by atoms with Gasteiger partial charge in [-0.25, -0.2) is 8.78 Å². The second kappa shape index (κ2) is 7.32. The molecule has 0 heterocycles. The standard InChI is InChI=1S/C18H21F2N/c1-3-7-18(14-8-5-4-6-9-14)21-13(2)15-10-11-16(19)17(20)12-15/h4-6,8-13,18,21H,3,7H2,1-2H3. The Labute approximate surface area is 125 Å². The molecule has 0 aromatic heterocycles. The van der Waals surface area contributed by atoms with Crippen LogP contribution in [-0.4, -0.2) is 0 Å². The van der Waals surface area contributed by atoms with Gasteiger partial charge in [0.25, 0.3) is 0 Å². The second-order valence-corrected chi connectivity index (χ2v) is 5.31. The molecule has 0 radical (unpaired) electrons. The molecular formula is C18H21F2N. The number of rotatable bonds is 6. The minimum atomic E-state index is -0.806. The molecule has 0 fully saturated rings. The van der Waals surface area contributed by atoms with Crippen LogP contribution >= 0.6 is 0 Å². The molecule has 0 amide bonds. The van der Waals surface area contributed by atoms with Crippen LogP contribution in [0.25, 0.3) is 0 Å². The highest BCUT2D eigenvalue weighted by Crippen LogP contribution is 2.24. The third-order valence-electron chi connectivity index (χ3n) is 3.67. The Morgan fingerprint density at radius 2 is 1.67 bits per heavy atom. The van der Waals surface area contributed by atoms with Gasteiger partial charge in [0.15, 0.2) is 11.6 Å². The largest absolute Gasteiger partial charge is 0.303 e. The average molecular weight is 289 g/mol. The van der Waals surface area contributed by atoms with Gasteiger partial charge in [-0.2, -0.15) is 0 Å². The molecule has 0 saturated carbocycles. The Bertz CT molecular complexity index is 569. The van der Waals surface area contributed by atoms with Gasteiger partial charge in [-0.15, -0.1) is 0 Å². The van der Waals surface area contributed by atoms with Crippen LogP contribution in [0.15, 0.2) is 48.5 Å². The predicted molar refractivity (Wildman–Crippen MR) is 82.0 cm³/mol. The van der Waals surface area contributed by atoms with E-state index < -0.39 is 11.6 Å². The molecule has 2 rings (SSSR count). The molecule has 112 valence electrons. The van der Waals surface area contributed by atoms with Gasteiger partial charge < -0.3 is 5.32 Å². The van der Waals surface area contributed by atoms with Crippen LogP contribution in [0, 0.1) is 11.6 Å². The van der Waals surface area contributed by atoms with Crippen molar-refractivity contribution in [3.05, 3.63) is 71.3 Å². The molecule has 2 atom stereocenters. The summed E-state index contributed by atoms with van der Waals surface area (Å²) in [5.41, 5.74) is 1.97. The summed E-state index contributed by atoms with van der Waals surface area (Å²) in [6.45, 7) is 4.11. The fourth-order valence-corrected chi connectivity index (χ4v) is 2.50. The van der Waals surface area contributed by atoms with Gasteiger partial charge in [-0.05, 0) is 36.6 Å². The SMILES string of the molecule is CCCC(NC(C)c1ccc(F)c(F)c1)c1ccccc1. The highest BCUT2D eigenvalue weighted by molar-refractivity contribution is 5.23. The van der Waals surface area contributed by atoms with Crippen LogP contribution in [0.1, 0.15) is 49.9 Å². The summed E-state index contributed by atoms with van der Waals surface area (Å²) in [7, 11) is 0. The molecule has 2 unspecified atom stereocenters. The summed E-state index contributed by atoms with van der Waals surface area (Å²) in [5.74, 6) is -1.60. The van der Waals surface area contributed by atoms with Crippen LogP contribution in [0.3, 0.4) is 0 Å². The summed E-state index contributed by atoms with van der Waals surface area (Å²) < 4.78 is 26.4. The molecule has 2 aromatic rings. The highest BCUT2D eigenvalue weighted by Gasteiger charge is 2.15. The lowest BCUT2D eigenvalue weighted by molar-refractivity contribution is 0.436. The molecule has 3 heteroatoms. The van der Waals surface area contributed by atoms with Gasteiger partial charge in [0.05, 0.1) is 0 Å². The third-order valence-corrected chi connectivity index (χ3v) is 3.67. The van der Waals surface area contributed by atoms with Crippen LogP contribution in [0.2, 0.25) is 0 Å². The zero-order valence-electron chi connectivity index (χ0n) is 12.4. The Morgan fingerprint density at radius 1 is 0.952 bits per heavy atom. The topological polar surface area (TPSA) is 12.0 Å². The fraction of sp³-hybridized carbons (Fsp3) is 0.333. The van der Waals surface area contributed by atoms with Crippen molar-refractivity contribution in [1.29, 1.82) is 0 Å². The van der Waals surface area contributed by atoms with Crippen LogP contribution in [0.4, 0.5) is 8.78 Å². The zero-order chi connectivity index (χ0) is 15.2. The fourth-order valence-electron chi connectivity index (χ4n) is 2.50. The van der Waals surface area contributed by atoms with E-state index in [0.29, 0.717) is 0 Å². The van der Waals surface area contributed by atoms with Gasteiger partial charge in [0, 0.05) is 12.1 Å². The minimum absolute atomic E-state index is 0.0446. The lowest BCUT2D eigenvalue weighted by atomic mass is 9.99. The number of nitrogens with one attached hydrogen (secondary N) is 1. The first-order valence-corrected chi connectivity index (χ1v) is 7.37. The van der Waals surface area contributed by atoms with Crippen LogP contribution < -0.4 is 5.32 Å². The predicted octanol–water partition coefficient (Wildman–Crippen LogP) is 5.16. The smallest absolute Gasteiger partial charge is 0.159 e. The van der Waals surface area contributed by atoms with E-state index in [4.69, 9.17) is 0 Å². The molecule has 21 heavy (non-hydrogen) atoms. The van der Waals surface area contributed by atoms with E-state index in [9.17, 15) is 8.78 Å². The lowest BCUT2D eigenvalue weighted by Crippen LogP contribution is -2.24. The molecule has 0 bridgehead atoms. The summed E-state index contributed by atoms with van der Waals surface area (Å²) >= 11 is 0. The van der Waals surface area contributed by atoms with Crippen molar-refractivity contribution < 1.29 is 8.78 Å². The molecule has 2 aromatic carbocycles. The second-order valence-electron chi connectivity index (χ2n) is 5.31. The Balaban J connectivity index is 2.14. The van der Waals surface area contributed by atoms with E-state index in [1.165, 1.54) is 17.7 Å². The number of hydrogen-bond donors (Lipinski definition) is 1. The van der Waals surface area contributed by atoms with Crippen molar-refractivity contribution in [2.24, 2.45) is 0 Å². The molecule has 0 aliphatic heterocycles. The third kappa shape index (κ3) is 4.11. The van der Waals surface area contributed by atoms with E-state index in [1.54, 1.807) is 6.07 Å². The molecule has 0 spiro atoms. The first kappa shape index (κ1) is 15.6. The van der Waals surface area contributed by atoms with Crippen molar-refractivity contribution >= 4 is 0 Å². The van der Waals surface area contributed by atoms with Gasteiger partial charge in [-0.1, -0.05) is 49.7 Å². The number of hydrogen-bond acceptors (Lipinski definition) is 1. The minimum Gasteiger partial charge on any atom is -0.303 e. The number of halogens is 2. The van der Waals surface area contributed by atoms with E-state index in [-0.39, 0.29) is 12.1 Å². The summed E-state index contributed by atoms with van der Waals surface area (Å²) in [6, 6.07) is 14.4. The van der Waals surface area contributed by atoms with Crippen molar-refractivity contribution in [1.82, 2.24) is 5.32 Å². The van der Waals surface area contributed by atoms with Gasteiger partial charge in [0.1, 0.15) is 0 Å². The molecular weight excluding hydrogens is 268 g/mol. The van der Waals surface area contributed by atoms with Crippen molar-refractivity contribution in [2.75, 3.05) is 0 Å². The maximum absolute atomic E-state index is 13.3. The lowest BCUT2D eigenvalue weighted by Gasteiger charge is -2.24. The molecule has 0 saturated heterocycles. The highest BCUT2D eigenvalue weighted by atomic mass is 19.2. The van der Waals surface area contributed by atoms with E-state index in [1.807, 2.05) is 25.1 Å². The summed E-state index contributed by atoms with van der Waals surface area (Å²) in [5, 5.41) is 3.51. The maximum Gasteiger partial charge on any atom is 0.159 e. The first-order valence-electron chi connectivity index (χ1n) is 7.37. The maximum atomic E-state index is 13.3. The molecule has 1 nitrogen and oxygen atoms in total. The van der Waals surface area contributed by atoms with E-state index in [2.05, 4.69) is 24.4 Å². The first-order chi connectivity index (χ1) is 10.1. The summed E-state index contributed by atoms with van der Waals surface area (Å²) in [6.07, 6.45) is 2.05. The Morgan fingerprint density at radius 3 is 2.29 bits per heavy atom. The summed E-state index contributed by atoms with van der Waals surface area (Å²) in [4.78, 5) is 0. The van der Waals surface area contributed by atoms with Gasteiger partial charge in [-0.3, -0.25) is 0 Å². The monoisotopic (exact) mass is 289 g/mol. The van der Waals surface area contributed by atoms with Crippen LogP contribution in [0.5, 0.6) is 0 Å². The van der Waals surface area contributed by atoms with Crippen molar-refractivity contribution in [3.63, 3.8) is 0 Å². The normalized spacial score (nSPS) is 13.9.